The van der Waals surface area contributed by atoms with Gasteiger partial charge in [0.05, 0.1) is 24.1 Å². The molecular weight excluding hydrogens is 430 g/mol. The van der Waals surface area contributed by atoms with Crippen molar-refractivity contribution in [2.45, 2.75) is 6.04 Å². The standard InChI is InChI=1S/C20H12ClN3O5S/c1-28-14-6-9(2-4-12(14)25)16-15-17(26)11-7-10(21)3-5-13(11)29-18(15)19(27)24(16)20-23-22-8-30-20/h2-8,16,25H,1H3. The van der Waals surface area contributed by atoms with Crippen LogP contribution in [0.25, 0.3) is 11.0 Å². The minimum absolute atomic E-state index is 0.0643. The quantitative estimate of drug-likeness (QED) is 0.516. The Kier molecular flexibility index (Phi) is 4.23. The van der Waals surface area contributed by atoms with Crippen LogP contribution in [0.4, 0.5) is 5.13 Å². The Morgan fingerprint density at radius 1 is 1.23 bits per heavy atom. The maximum atomic E-state index is 13.4. The highest BCUT2D eigenvalue weighted by molar-refractivity contribution is 7.13. The fraction of sp³-hybridized carbons (Fsp3) is 0.100. The molecule has 1 aliphatic heterocycles. The molecule has 0 spiro atoms. The molecule has 1 atom stereocenters. The van der Waals surface area contributed by atoms with Gasteiger partial charge in [-0.15, -0.1) is 10.2 Å². The second kappa shape index (κ2) is 6.82. The number of amides is 1. The number of rotatable bonds is 3. The third kappa shape index (κ3) is 2.66. The molecule has 2 aromatic carbocycles. The SMILES string of the molecule is COc1cc(C2c3c(oc4ccc(Cl)cc4c3=O)C(=O)N2c2nncs2)ccc1O. The van der Waals surface area contributed by atoms with Crippen LogP contribution in [0.15, 0.2) is 51.1 Å². The number of phenols is 1. The Balaban J connectivity index is 1.83. The number of anilines is 1. The summed E-state index contributed by atoms with van der Waals surface area (Å²) in [6.45, 7) is 0. The van der Waals surface area contributed by atoms with Gasteiger partial charge in [-0.05, 0) is 35.9 Å². The van der Waals surface area contributed by atoms with Crippen LogP contribution in [0.3, 0.4) is 0 Å². The van der Waals surface area contributed by atoms with Crippen molar-refractivity contribution in [3.8, 4) is 11.5 Å². The van der Waals surface area contributed by atoms with E-state index in [2.05, 4.69) is 10.2 Å². The number of carbonyl (C=O) groups is 1. The number of methoxy groups -OCH3 is 1. The first-order valence-electron chi connectivity index (χ1n) is 8.72. The molecule has 0 bridgehead atoms. The molecule has 4 aromatic rings. The number of aromatic hydroxyl groups is 1. The normalized spacial score (nSPS) is 15.6. The number of carbonyl (C=O) groups excluding carboxylic acids is 1. The topological polar surface area (TPSA) is 106 Å². The van der Waals surface area contributed by atoms with Crippen LogP contribution < -0.4 is 15.1 Å². The molecule has 1 unspecified atom stereocenters. The van der Waals surface area contributed by atoms with E-state index in [1.807, 2.05) is 0 Å². The van der Waals surface area contributed by atoms with E-state index in [9.17, 15) is 14.7 Å². The van der Waals surface area contributed by atoms with Crippen molar-refractivity contribution in [3.05, 3.63) is 74.0 Å². The van der Waals surface area contributed by atoms with Crippen LogP contribution in [-0.2, 0) is 0 Å². The van der Waals surface area contributed by atoms with E-state index in [1.54, 1.807) is 24.3 Å². The molecule has 0 radical (unpaired) electrons. The fourth-order valence-corrected chi connectivity index (χ4v) is 4.35. The first-order chi connectivity index (χ1) is 14.5. The fourth-order valence-electron chi connectivity index (χ4n) is 3.59. The lowest BCUT2D eigenvalue weighted by Crippen LogP contribution is -2.29. The molecule has 10 heteroatoms. The summed E-state index contributed by atoms with van der Waals surface area (Å²) < 4.78 is 11.0. The van der Waals surface area contributed by atoms with Gasteiger partial charge in [0.1, 0.15) is 11.1 Å². The molecule has 1 aliphatic rings. The lowest BCUT2D eigenvalue weighted by atomic mass is 9.98. The van der Waals surface area contributed by atoms with E-state index >= 15 is 0 Å². The molecule has 0 aliphatic carbocycles. The van der Waals surface area contributed by atoms with Gasteiger partial charge in [0.2, 0.25) is 10.9 Å². The molecule has 1 amide bonds. The van der Waals surface area contributed by atoms with E-state index in [1.165, 1.54) is 29.7 Å². The molecule has 5 rings (SSSR count). The van der Waals surface area contributed by atoms with Crippen molar-refractivity contribution in [1.29, 1.82) is 0 Å². The highest BCUT2D eigenvalue weighted by atomic mass is 35.5. The van der Waals surface area contributed by atoms with Crippen LogP contribution >= 0.6 is 22.9 Å². The zero-order valence-electron chi connectivity index (χ0n) is 15.3. The summed E-state index contributed by atoms with van der Waals surface area (Å²) in [5.41, 5.74) is 2.09. The van der Waals surface area contributed by atoms with Crippen LogP contribution in [-0.4, -0.2) is 28.3 Å². The highest BCUT2D eigenvalue weighted by Gasteiger charge is 2.45. The predicted octanol–water partition coefficient (Wildman–Crippen LogP) is 3.76. The number of phenolic OH excluding ortho intramolecular Hbond substituents is 1. The smallest absolute Gasteiger partial charge is 0.297 e. The van der Waals surface area contributed by atoms with Gasteiger partial charge >= 0.3 is 0 Å². The minimum atomic E-state index is -0.838. The minimum Gasteiger partial charge on any atom is -0.504 e. The Bertz CT molecular complexity index is 1370. The van der Waals surface area contributed by atoms with E-state index in [-0.39, 0.29) is 39.2 Å². The summed E-state index contributed by atoms with van der Waals surface area (Å²) >= 11 is 7.23. The summed E-state index contributed by atoms with van der Waals surface area (Å²) in [5.74, 6) is -0.431. The molecule has 2 aromatic heterocycles. The molecule has 30 heavy (non-hydrogen) atoms. The van der Waals surface area contributed by atoms with E-state index < -0.39 is 11.9 Å². The first-order valence-corrected chi connectivity index (χ1v) is 9.98. The zero-order valence-corrected chi connectivity index (χ0v) is 16.9. The van der Waals surface area contributed by atoms with Gasteiger partial charge in [0, 0.05) is 5.02 Å². The van der Waals surface area contributed by atoms with Crippen LogP contribution in [0, 0.1) is 0 Å². The predicted molar refractivity (Wildman–Crippen MR) is 111 cm³/mol. The molecule has 150 valence electrons. The summed E-state index contributed by atoms with van der Waals surface area (Å²) in [6, 6.07) is 8.43. The summed E-state index contributed by atoms with van der Waals surface area (Å²) in [6.07, 6.45) is 0. The molecule has 8 nitrogen and oxygen atoms in total. The van der Waals surface area contributed by atoms with Gasteiger partial charge in [-0.2, -0.15) is 0 Å². The van der Waals surface area contributed by atoms with Gasteiger partial charge in [-0.3, -0.25) is 14.5 Å². The van der Waals surface area contributed by atoms with Gasteiger partial charge in [-0.25, -0.2) is 0 Å². The van der Waals surface area contributed by atoms with Crippen LogP contribution in [0.5, 0.6) is 11.5 Å². The number of halogens is 1. The number of ether oxygens (including phenoxy) is 1. The molecular formula is C20H12ClN3O5S. The second-order valence-electron chi connectivity index (χ2n) is 6.54. The third-order valence-electron chi connectivity index (χ3n) is 4.91. The molecule has 0 saturated heterocycles. The van der Waals surface area contributed by atoms with Crippen molar-refractivity contribution >= 4 is 44.9 Å². The largest absolute Gasteiger partial charge is 0.504 e. The Morgan fingerprint density at radius 2 is 2.07 bits per heavy atom. The lowest BCUT2D eigenvalue weighted by molar-refractivity contribution is 0.0970. The Morgan fingerprint density at radius 3 is 2.80 bits per heavy atom. The molecule has 0 saturated carbocycles. The molecule has 1 N–H and O–H groups in total. The van der Waals surface area contributed by atoms with Gasteiger partial charge in [-0.1, -0.05) is 29.0 Å². The maximum Gasteiger partial charge on any atom is 0.297 e. The highest BCUT2D eigenvalue weighted by Crippen LogP contribution is 2.43. The van der Waals surface area contributed by atoms with Crippen molar-refractivity contribution in [3.63, 3.8) is 0 Å². The number of hydrogen-bond acceptors (Lipinski definition) is 8. The number of aromatic nitrogens is 2. The zero-order chi connectivity index (χ0) is 21.0. The Labute approximate surface area is 177 Å². The summed E-state index contributed by atoms with van der Waals surface area (Å²) in [5, 5.41) is 18.8. The van der Waals surface area contributed by atoms with Crippen molar-refractivity contribution < 1.29 is 19.1 Å². The Hall–Kier alpha value is -3.43. The van der Waals surface area contributed by atoms with Crippen LogP contribution in [0.1, 0.15) is 27.7 Å². The average molecular weight is 442 g/mol. The number of fused-ring (bicyclic) bond motifs is 2. The van der Waals surface area contributed by atoms with Gasteiger partial charge in [0.25, 0.3) is 5.91 Å². The monoisotopic (exact) mass is 441 g/mol. The summed E-state index contributed by atoms with van der Waals surface area (Å²) in [4.78, 5) is 28.1. The number of nitrogens with zero attached hydrogens (tertiary/aromatic N) is 3. The molecule has 3 heterocycles. The van der Waals surface area contributed by atoms with E-state index in [4.69, 9.17) is 20.8 Å². The number of hydrogen-bond donors (Lipinski definition) is 1. The lowest BCUT2D eigenvalue weighted by Gasteiger charge is -2.22. The average Bonchev–Trinajstić information content (AvgIpc) is 3.36. The first kappa shape index (κ1) is 18.6. The maximum absolute atomic E-state index is 13.4. The summed E-state index contributed by atoms with van der Waals surface area (Å²) in [7, 11) is 1.42. The van der Waals surface area contributed by atoms with Gasteiger partial charge < -0.3 is 14.3 Å². The van der Waals surface area contributed by atoms with Crippen LogP contribution in [0.2, 0.25) is 5.02 Å². The second-order valence-corrected chi connectivity index (χ2v) is 7.79. The van der Waals surface area contributed by atoms with Crippen molar-refractivity contribution in [1.82, 2.24) is 10.2 Å². The number of benzene rings is 2. The third-order valence-corrected chi connectivity index (χ3v) is 5.83. The van der Waals surface area contributed by atoms with E-state index in [0.717, 1.165) is 11.3 Å². The van der Waals surface area contributed by atoms with Crippen molar-refractivity contribution in [2.75, 3.05) is 12.0 Å². The van der Waals surface area contributed by atoms with Gasteiger partial charge in [0.15, 0.2) is 16.9 Å². The van der Waals surface area contributed by atoms with E-state index in [0.29, 0.717) is 15.7 Å². The molecule has 0 fully saturated rings. The van der Waals surface area contributed by atoms with Crippen molar-refractivity contribution in [2.24, 2.45) is 0 Å².